The summed E-state index contributed by atoms with van der Waals surface area (Å²) in [5.41, 5.74) is 5.34. The first-order valence-corrected chi connectivity index (χ1v) is 5.69. The molecule has 0 amide bonds. The average Bonchev–Trinajstić information content (AvgIpc) is 2.26. The highest BCUT2D eigenvalue weighted by Gasteiger charge is 2.38. The molecule has 5 heteroatoms. The Bertz CT molecular complexity index is 551. The fourth-order valence-corrected chi connectivity index (χ4v) is 2.08. The van der Waals surface area contributed by atoms with Crippen LogP contribution in [0.1, 0.15) is 11.6 Å². The highest BCUT2D eigenvalue weighted by molar-refractivity contribution is 9.10. The fourth-order valence-electron chi connectivity index (χ4n) is 1.72. The van der Waals surface area contributed by atoms with Crippen molar-refractivity contribution in [3.8, 4) is 0 Å². The number of hydrogen-bond donors (Lipinski definition) is 1. The van der Waals surface area contributed by atoms with E-state index in [-0.39, 0.29) is 5.56 Å². The smallest absolute Gasteiger partial charge is 0.316 e. The molecule has 0 aliphatic heterocycles. The summed E-state index contributed by atoms with van der Waals surface area (Å²) in [5.74, 6) is 0. The average molecular weight is 304 g/mol. The molecular weight excluding hydrogens is 295 g/mol. The molecule has 90 valence electrons. The number of benzene rings is 2. The largest absolute Gasteiger partial charge is 0.407 e. The van der Waals surface area contributed by atoms with E-state index in [0.29, 0.717) is 5.39 Å². The van der Waals surface area contributed by atoms with E-state index < -0.39 is 12.2 Å². The molecule has 1 atom stereocenters. The number of nitrogens with two attached hydrogens (primary N) is 1. The molecule has 0 aromatic heterocycles. The predicted molar refractivity (Wildman–Crippen MR) is 64.6 cm³/mol. The summed E-state index contributed by atoms with van der Waals surface area (Å²) >= 11 is 3.24. The summed E-state index contributed by atoms with van der Waals surface area (Å²) in [6.07, 6.45) is -4.43. The zero-order valence-electron chi connectivity index (χ0n) is 8.63. The summed E-state index contributed by atoms with van der Waals surface area (Å²) in [6.45, 7) is 0. The van der Waals surface area contributed by atoms with Gasteiger partial charge in [0.2, 0.25) is 0 Å². The van der Waals surface area contributed by atoms with Gasteiger partial charge in [-0.15, -0.1) is 0 Å². The van der Waals surface area contributed by atoms with E-state index in [4.69, 9.17) is 5.73 Å². The second-order valence-corrected chi connectivity index (χ2v) is 4.65. The minimum Gasteiger partial charge on any atom is -0.316 e. The van der Waals surface area contributed by atoms with E-state index in [1.54, 1.807) is 30.3 Å². The minimum absolute atomic E-state index is 0.0938. The summed E-state index contributed by atoms with van der Waals surface area (Å²) in [6, 6.07) is 7.98. The van der Waals surface area contributed by atoms with Crippen LogP contribution in [0.3, 0.4) is 0 Å². The van der Waals surface area contributed by atoms with Crippen molar-refractivity contribution in [2.24, 2.45) is 5.73 Å². The van der Waals surface area contributed by atoms with Gasteiger partial charge in [0.15, 0.2) is 0 Å². The number of rotatable bonds is 1. The zero-order chi connectivity index (χ0) is 12.6. The number of fused-ring (bicyclic) bond motifs is 1. The Hall–Kier alpha value is -1.07. The van der Waals surface area contributed by atoms with Crippen molar-refractivity contribution < 1.29 is 13.2 Å². The highest BCUT2D eigenvalue weighted by Crippen LogP contribution is 2.35. The quantitative estimate of drug-likeness (QED) is 0.841. The maximum Gasteiger partial charge on any atom is 0.407 e. The van der Waals surface area contributed by atoms with Crippen LogP contribution in [0.15, 0.2) is 40.9 Å². The maximum absolute atomic E-state index is 12.6. The van der Waals surface area contributed by atoms with Crippen LogP contribution in [-0.4, -0.2) is 6.18 Å². The van der Waals surface area contributed by atoms with E-state index in [1.165, 1.54) is 6.07 Å². The number of hydrogen-bond acceptors (Lipinski definition) is 1. The van der Waals surface area contributed by atoms with Gasteiger partial charge in [0, 0.05) is 4.47 Å². The Morgan fingerprint density at radius 2 is 1.82 bits per heavy atom. The molecule has 17 heavy (non-hydrogen) atoms. The van der Waals surface area contributed by atoms with Crippen LogP contribution in [0.2, 0.25) is 0 Å². The van der Waals surface area contributed by atoms with E-state index in [9.17, 15) is 13.2 Å². The molecule has 0 bridgehead atoms. The van der Waals surface area contributed by atoms with Gasteiger partial charge in [-0.2, -0.15) is 13.2 Å². The van der Waals surface area contributed by atoms with Gasteiger partial charge in [-0.25, -0.2) is 0 Å². The van der Waals surface area contributed by atoms with Crippen molar-refractivity contribution in [3.05, 3.63) is 46.4 Å². The van der Waals surface area contributed by atoms with Crippen LogP contribution in [0.25, 0.3) is 10.8 Å². The molecule has 0 aliphatic rings. The Labute approximate surface area is 105 Å². The molecule has 0 radical (unpaired) electrons. The van der Waals surface area contributed by atoms with Crippen molar-refractivity contribution in [3.63, 3.8) is 0 Å². The third-order valence-electron chi connectivity index (χ3n) is 2.57. The summed E-state index contributed by atoms with van der Waals surface area (Å²) in [4.78, 5) is 0. The first-order chi connectivity index (χ1) is 7.89. The van der Waals surface area contributed by atoms with Crippen LogP contribution in [0.5, 0.6) is 0 Å². The second kappa shape index (κ2) is 4.31. The van der Waals surface area contributed by atoms with Crippen molar-refractivity contribution in [2.75, 3.05) is 0 Å². The van der Waals surface area contributed by atoms with Crippen LogP contribution in [-0.2, 0) is 0 Å². The van der Waals surface area contributed by atoms with Crippen LogP contribution in [0, 0.1) is 0 Å². The predicted octanol–water partition coefficient (Wildman–Crippen LogP) is 4.16. The molecule has 1 nitrogen and oxygen atoms in total. The first kappa shape index (κ1) is 12.4. The molecule has 2 rings (SSSR count). The number of alkyl halides is 3. The van der Waals surface area contributed by atoms with Gasteiger partial charge in [-0.3, -0.25) is 0 Å². The lowest BCUT2D eigenvalue weighted by Gasteiger charge is -2.17. The zero-order valence-corrected chi connectivity index (χ0v) is 10.2. The maximum atomic E-state index is 12.6. The van der Waals surface area contributed by atoms with Crippen LogP contribution < -0.4 is 5.73 Å². The Balaban J connectivity index is 2.65. The van der Waals surface area contributed by atoms with E-state index in [2.05, 4.69) is 15.9 Å². The summed E-state index contributed by atoms with van der Waals surface area (Å²) in [5, 5.41) is 1.26. The summed E-state index contributed by atoms with van der Waals surface area (Å²) < 4.78 is 38.6. The van der Waals surface area contributed by atoms with E-state index in [0.717, 1.165) is 9.86 Å². The first-order valence-electron chi connectivity index (χ1n) is 4.90. The van der Waals surface area contributed by atoms with Gasteiger partial charge in [-0.05, 0) is 28.5 Å². The van der Waals surface area contributed by atoms with Gasteiger partial charge in [0.05, 0.1) is 0 Å². The molecule has 2 N–H and O–H groups in total. The van der Waals surface area contributed by atoms with Gasteiger partial charge in [0.25, 0.3) is 0 Å². The Morgan fingerprint density at radius 1 is 1.12 bits per heavy atom. The molecule has 0 heterocycles. The van der Waals surface area contributed by atoms with Crippen molar-refractivity contribution in [1.29, 1.82) is 0 Å². The van der Waals surface area contributed by atoms with E-state index in [1.807, 2.05) is 0 Å². The monoisotopic (exact) mass is 303 g/mol. The molecule has 0 spiro atoms. The number of halogens is 4. The lowest BCUT2D eigenvalue weighted by Crippen LogP contribution is -2.28. The Kier molecular flexibility index (Phi) is 3.14. The summed E-state index contributed by atoms with van der Waals surface area (Å²) in [7, 11) is 0. The van der Waals surface area contributed by atoms with Crippen LogP contribution >= 0.6 is 15.9 Å². The van der Waals surface area contributed by atoms with Gasteiger partial charge >= 0.3 is 6.18 Å². The molecule has 2 aromatic rings. The van der Waals surface area contributed by atoms with Crippen molar-refractivity contribution in [1.82, 2.24) is 0 Å². The fraction of sp³-hybridized carbons (Fsp3) is 0.167. The molecule has 0 saturated carbocycles. The molecule has 2 aromatic carbocycles. The molecule has 0 aliphatic carbocycles. The molecule has 0 unspecified atom stereocenters. The SMILES string of the molecule is N[C@@H](c1cccc2ccc(Br)cc12)C(F)(F)F. The Morgan fingerprint density at radius 3 is 2.47 bits per heavy atom. The highest BCUT2D eigenvalue weighted by atomic mass is 79.9. The van der Waals surface area contributed by atoms with Gasteiger partial charge < -0.3 is 5.73 Å². The molecular formula is C12H9BrF3N. The molecule has 0 fully saturated rings. The van der Waals surface area contributed by atoms with Crippen molar-refractivity contribution >= 4 is 26.7 Å². The van der Waals surface area contributed by atoms with Gasteiger partial charge in [-0.1, -0.05) is 40.2 Å². The van der Waals surface area contributed by atoms with E-state index >= 15 is 0 Å². The van der Waals surface area contributed by atoms with Crippen molar-refractivity contribution in [2.45, 2.75) is 12.2 Å². The topological polar surface area (TPSA) is 26.0 Å². The lowest BCUT2D eigenvalue weighted by atomic mass is 9.99. The third-order valence-corrected chi connectivity index (χ3v) is 3.06. The van der Waals surface area contributed by atoms with Crippen LogP contribution in [0.4, 0.5) is 13.2 Å². The second-order valence-electron chi connectivity index (χ2n) is 3.73. The lowest BCUT2D eigenvalue weighted by molar-refractivity contribution is -0.148. The molecule has 0 saturated heterocycles. The third kappa shape index (κ3) is 2.45. The van der Waals surface area contributed by atoms with Gasteiger partial charge in [0.1, 0.15) is 6.04 Å². The normalized spacial score (nSPS) is 13.9. The standard InChI is InChI=1S/C12H9BrF3N/c13-8-5-4-7-2-1-3-9(10(7)6-8)11(17)12(14,15)16/h1-6,11H,17H2/t11-/m0/s1. The minimum atomic E-state index is -4.43.